The molecule has 2 aromatic carbocycles. The zero-order chi connectivity index (χ0) is 21.4. The minimum atomic E-state index is -0.479. The quantitative estimate of drug-likeness (QED) is 0.481. The van der Waals surface area contributed by atoms with E-state index in [1.807, 2.05) is 36.9 Å². The highest BCUT2D eigenvalue weighted by molar-refractivity contribution is 5.93. The fourth-order valence-corrected chi connectivity index (χ4v) is 2.87. The molecule has 1 amide bonds. The molecule has 0 aliphatic heterocycles. The number of benzene rings is 2. The van der Waals surface area contributed by atoms with Crippen molar-refractivity contribution in [2.24, 2.45) is 0 Å². The molecule has 0 saturated heterocycles. The summed E-state index contributed by atoms with van der Waals surface area (Å²) in [5.41, 5.74) is 2.15. The zero-order valence-corrected chi connectivity index (χ0v) is 17.2. The van der Waals surface area contributed by atoms with E-state index in [1.165, 1.54) is 12.1 Å². The molecule has 0 saturated carbocycles. The molecule has 0 fully saturated rings. The first-order valence-electron chi connectivity index (χ1n) is 9.44. The number of methoxy groups -OCH3 is 1. The van der Waals surface area contributed by atoms with E-state index < -0.39 is 4.92 Å². The van der Waals surface area contributed by atoms with E-state index in [0.717, 1.165) is 11.1 Å². The lowest BCUT2D eigenvalue weighted by Gasteiger charge is -2.21. The van der Waals surface area contributed by atoms with Gasteiger partial charge in [-0.25, -0.2) is 0 Å². The highest BCUT2D eigenvalue weighted by Gasteiger charge is 2.15. The van der Waals surface area contributed by atoms with Crippen LogP contribution in [0.4, 0.5) is 11.4 Å². The molecule has 2 aromatic rings. The van der Waals surface area contributed by atoms with Crippen LogP contribution in [0.3, 0.4) is 0 Å². The normalized spacial score (nSPS) is 10.7. The topological polar surface area (TPSA) is 93.9 Å². The first kappa shape index (κ1) is 22.2. The van der Waals surface area contributed by atoms with Crippen LogP contribution in [0.1, 0.15) is 25.0 Å². The van der Waals surface area contributed by atoms with Gasteiger partial charge in [-0.15, -0.1) is 0 Å². The molecule has 2 rings (SSSR count). The number of aryl methyl sites for hydroxylation is 1. The summed E-state index contributed by atoms with van der Waals surface area (Å²) in [5.74, 6) is 1.10. The molecular formula is C21H27N3O5. The third-order valence-electron chi connectivity index (χ3n) is 4.45. The minimum Gasteiger partial charge on any atom is -0.493 e. The summed E-state index contributed by atoms with van der Waals surface area (Å²) in [7, 11) is 1.59. The van der Waals surface area contributed by atoms with Crippen molar-refractivity contribution < 1.29 is 19.2 Å². The van der Waals surface area contributed by atoms with Crippen LogP contribution >= 0.6 is 0 Å². The second-order valence-corrected chi connectivity index (χ2v) is 6.53. The van der Waals surface area contributed by atoms with Crippen LogP contribution < -0.4 is 14.8 Å². The van der Waals surface area contributed by atoms with E-state index in [0.29, 0.717) is 36.9 Å². The van der Waals surface area contributed by atoms with Crippen molar-refractivity contribution in [3.8, 4) is 11.5 Å². The van der Waals surface area contributed by atoms with E-state index in [2.05, 4.69) is 5.32 Å². The van der Waals surface area contributed by atoms with Gasteiger partial charge < -0.3 is 14.8 Å². The number of nitrogens with one attached hydrogen (secondary N) is 1. The maximum Gasteiger partial charge on any atom is 0.271 e. The summed E-state index contributed by atoms with van der Waals surface area (Å²) in [4.78, 5) is 25.0. The molecule has 0 bridgehead atoms. The maximum absolute atomic E-state index is 12.5. The van der Waals surface area contributed by atoms with Crippen LogP contribution in [-0.4, -0.2) is 42.5 Å². The molecule has 0 aromatic heterocycles. The Bertz CT molecular complexity index is 869. The molecular weight excluding hydrogens is 374 g/mol. The molecule has 29 heavy (non-hydrogen) atoms. The number of nitro groups is 1. The number of carbonyl (C=O) groups is 1. The van der Waals surface area contributed by atoms with Crippen LogP contribution in [0.25, 0.3) is 0 Å². The van der Waals surface area contributed by atoms with Crippen molar-refractivity contribution in [3.63, 3.8) is 0 Å². The fourth-order valence-electron chi connectivity index (χ4n) is 2.87. The third kappa shape index (κ3) is 6.18. The summed E-state index contributed by atoms with van der Waals surface area (Å²) in [6.07, 6.45) is 0. The van der Waals surface area contributed by atoms with Gasteiger partial charge in [0, 0.05) is 18.7 Å². The summed E-state index contributed by atoms with van der Waals surface area (Å²) >= 11 is 0. The van der Waals surface area contributed by atoms with Gasteiger partial charge >= 0.3 is 0 Å². The van der Waals surface area contributed by atoms with E-state index in [4.69, 9.17) is 9.47 Å². The van der Waals surface area contributed by atoms with Crippen molar-refractivity contribution >= 4 is 17.3 Å². The number of non-ortho nitro benzene ring substituents is 1. The lowest BCUT2D eigenvalue weighted by molar-refractivity contribution is -0.384. The monoisotopic (exact) mass is 401 g/mol. The van der Waals surface area contributed by atoms with E-state index in [-0.39, 0.29) is 18.1 Å². The van der Waals surface area contributed by atoms with Crippen molar-refractivity contribution in [1.29, 1.82) is 0 Å². The highest BCUT2D eigenvalue weighted by Crippen LogP contribution is 2.28. The van der Waals surface area contributed by atoms with Gasteiger partial charge in [-0.05, 0) is 43.7 Å². The van der Waals surface area contributed by atoms with Gasteiger partial charge in [0.05, 0.1) is 30.9 Å². The number of amides is 1. The van der Waals surface area contributed by atoms with Gasteiger partial charge in [-0.2, -0.15) is 0 Å². The molecule has 0 aliphatic carbocycles. The maximum atomic E-state index is 12.5. The Morgan fingerprint density at radius 3 is 2.55 bits per heavy atom. The number of carbonyl (C=O) groups excluding carboxylic acids is 1. The number of nitro benzene ring substituents is 1. The Kier molecular flexibility index (Phi) is 7.97. The van der Waals surface area contributed by atoms with Gasteiger partial charge in [0.25, 0.3) is 5.69 Å². The molecule has 0 atom stereocenters. The van der Waals surface area contributed by atoms with Crippen molar-refractivity contribution in [1.82, 2.24) is 4.90 Å². The van der Waals surface area contributed by atoms with Gasteiger partial charge in [0.2, 0.25) is 5.91 Å². The first-order chi connectivity index (χ1) is 13.9. The second kappa shape index (κ2) is 10.4. The average Bonchev–Trinajstić information content (AvgIpc) is 2.70. The zero-order valence-electron chi connectivity index (χ0n) is 17.2. The largest absolute Gasteiger partial charge is 0.493 e. The smallest absolute Gasteiger partial charge is 0.271 e. The van der Waals surface area contributed by atoms with Crippen LogP contribution in [0.5, 0.6) is 11.5 Å². The first-order valence-corrected chi connectivity index (χ1v) is 9.44. The minimum absolute atomic E-state index is 0.0558. The summed E-state index contributed by atoms with van der Waals surface area (Å²) in [6.45, 7) is 7.61. The Morgan fingerprint density at radius 2 is 1.93 bits per heavy atom. The van der Waals surface area contributed by atoms with Crippen LogP contribution in [0.2, 0.25) is 0 Å². The van der Waals surface area contributed by atoms with Gasteiger partial charge in [-0.1, -0.05) is 19.1 Å². The summed E-state index contributed by atoms with van der Waals surface area (Å²) in [5, 5.41) is 13.7. The number of hydrogen-bond donors (Lipinski definition) is 1. The van der Waals surface area contributed by atoms with E-state index in [9.17, 15) is 14.9 Å². The molecule has 8 nitrogen and oxygen atoms in total. The Balaban J connectivity index is 2.05. The number of likely N-dealkylation sites (N-methyl/N-ethyl adjacent to an activating group) is 1. The number of hydrogen-bond acceptors (Lipinski definition) is 6. The summed E-state index contributed by atoms with van der Waals surface area (Å²) < 4.78 is 10.9. The SMILES string of the molecule is CCOc1ccc(CN(CC)CC(=O)Nc2cc([N+](=O)[O-])ccc2C)cc1OC. The molecule has 0 unspecified atom stereocenters. The van der Waals surface area contributed by atoms with Crippen molar-refractivity contribution in [3.05, 3.63) is 57.6 Å². The summed E-state index contributed by atoms with van der Waals surface area (Å²) in [6, 6.07) is 10.1. The van der Waals surface area contributed by atoms with Crippen LogP contribution in [0.15, 0.2) is 36.4 Å². The standard InChI is InChI=1S/C21H27N3O5/c1-5-23(13-16-8-10-19(29-6-2)20(11-16)28-4)14-21(25)22-18-12-17(24(26)27)9-7-15(18)3/h7-12H,5-6,13-14H2,1-4H3,(H,22,25). The second-order valence-electron chi connectivity index (χ2n) is 6.53. The van der Waals surface area contributed by atoms with Gasteiger partial charge in [0.1, 0.15) is 0 Å². The number of ether oxygens (including phenoxy) is 2. The Morgan fingerprint density at radius 1 is 1.17 bits per heavy atom. The van der Waals surface area contributed by atoms with Crippen molar-refractivity contribution in [2.75, 3.05) is 32.1 Å². The average molecular weight is 401 g/mol. The number of rotatable bonds is 10. The lowest BCUT2D eigenvalue weighted by Crippen LogP contribution is -2.32. The van der Waals surface area contributed by atoms with Gasteiger partial charge in [-0.3, -0.25) is 19.8 Å². The third-order valence-corrected chi connectivity index (χ3v) is 4.45. The Labute approximate surface area is 170 Å². The number of nitrogens with zero attached hydrogens (tertiary/aromatic N) is 2. The van der Waals surface area contributed by atoms with Gasteiger partial charge in [0.15, 0.2) is 11.5 Å². The van der Waals surface area contributed by atoms with E-state index >= 15 is 0 Å². The predicted octanol–water partition coefficient (Wildman–Crippen LogP) is 3.77. The van der Waals surface area contributed by atoms with Crippen LogP contribution in [0, 0.1) is 17.0 Å². The van der Waals surface area contributed by atoms with Crippen LogP contribution in [-0.2, 0) is 11.3 Å². The lowest BCUT2D eigenvalue weighted by atomic mass is 10.1. The predicted molar refractivity (Wildman–Crippen MR) is 112 cm³/mol. The van der Waals surface area contributed by atoms with Crippen molar-refractivity contribution in [2.45, 2.75) is 27.3 Å². The fraction of sp³-hybridized carbons (Fsp3) is 0.381. The highest BCUT2D eigenvalue weighted by atomic mass is 16.6. The molecule has 8 heteroatoms. The number of anilines is 1. The van der Waals surface area contributed by atoms with E-state index in [1.54, 1.807) is 20.1 Å². The molecule has 0 heterocycles. The molecule has 0 spiro atoms. The Hall–Kier alpha value is -3.13. The molecule has 0 radical (unpaired) electrons. The molecule has 156 valence electrons. The molecule has 0 aliphatic rings. The molecule has 1 N–H and O–H groups in total.